The fraction of sp³-hybridized carbons (Fsp3) is 0.632. The van der Waals surface area contributed by atoms with E-state index < -0.39 is 0 Å². The Morgan fingerprint density at radius 1 is 1.24 bits per heavy atom. The van der Waals surface area contributed by atoms with Crippen molar-refractivity contribution in [2.45, 2.75) is 37.6 Å². The molecule has 1 aliphatic carbocycles. The van der Waals surface area contributed by atoms with Crippen LogP contribution in [0.2, 0.25) is 0 Å². The van der Waals surface area contributed by atoms with E-state index in [-0.39, 0.29) is 5.54 Å². The number of thioether (sulfide) groups is 1. The van der Waals surface area contributed by atoms with Gasteiger partial charge in [0.25, 0.3) is 0 Å². The Bertz CT molecular complexity index is 581. The predicted octanol–water partition coefficient (Wildman–Crippen LogP) is 3.17. The number of hydrogen-bond donors (Lipinski definition) is 2. The lowest BCUT2D eigenvalue weighted by atomic mass is 9.80. The second kappa shape index (κ2) is 8.81. The third-order valence-corrected chi connectivity index (χ3v) is 6.32. The summed E-state index contributed by atoms with van der Waals surface area (Å²) in [4.78, 5) is 7.43. The van der Waals surface area contributed by atoms with Gasteiger partial charge in [-0.1, -0.05) is 31.4 Å². The van der Waals surface area contributed by atoms with Crippen molar-refractivity contribution in [3.05, 3.63) is 24.3 Å². The molecule has 0 unspecified atom stereocenters. The molecule has 2 aliphatic rings. The van der Waals surface area contributed by atoms with Gasteiger partial charge in [0.05, 0.1) is 19.3 Å². The van der Waals surface area contributed by atoms with Crippen LogP contribution in [0.25, 0.3) is 0 Å². The van der Waals surface area contributed by atoms with Gasteiger partial charge >= 0.3 is 0 Å². The molecule has 1 aromatic carbocycles. The molecule has 1 saturated heterocycles. The number of para-hydroxylation sites is 2. The van der Waals surface area contributed by atoms with Crippen molar-refractivity contribution >= 4 is 23.4 Å². The molecule has 0 aromatic heterocycles. The Kier molecular flexibility index (Phi) is 6.48. The Morgan fingerprint density at radius 3 is 2.68 bits per heavy atom. The number of benzene rings is 1. The van der Waals surface area contributed by atoms with Crippen LogP contribution in [0.3, 0.4) is 0 Å². The van der Waals surface area contributed by atoms with Gasteiger partial charge < -0.3 is 15.8 Å². The second-order valence-electron chi connectivity index (χ2n) is 6.91. The maximum atomic E-state index is 6.20. The Morgan fingerprint density at radius 2 is 1.96 bits per heavy atom. The fourth-order valence-electron chi connectivity index (χ4n) is 3.98. The summed E-state index contributed by atoms with van der Waals surface area (Å²) >= 11 is 2.06. The van der Waals surface area contributed by atoms with Crippen molar-refractivity contribution in [3.63, 3.8) is 0 Å². The van der Waals surface area contributed by atoms with Crippen LogP contribution in [0.5, 0.6) is 5.75 Å². The zero-order valence-corrected chi connectivity index (χ0v) is 16.0. The van der Waals surface area contributed by atoms with Gasteiger partial charge in [-0.15, -0.1) is 0 Å². The zero-order valence-electron chi connectivity index (χ0n) is 15.2. The average Bonchev–Trinajstić information content (AvgIpc) is 2.68. The molecule has 0 radical (unpaired) electrons. The predicted molar refractivity (Wildman–Crippen MR) is 108 cm³/mol. The summed E-state index contributed by atoms with van der Waals surface area (Å²) in [6.45, 7) is 3.14. The molecular formula is C19H30N4OS. The van der Waals surface area contributed by atoms with E-state index in [9.17, 15) is 0 Å². The molecule has 5 nitrogen and oxygen atoms in total. The topological polar surface area (TPSA) is 62.9 Å². The maximum absolute atomic E-state index is 6.20. The lowest BCUT2D eigenvalue weighted by Crippen LogP contribution is -2.55. The minimum absolute atomic E-state index is 0.201. The molecule has 0 atom stereocenters. The van der Waals surface area contributed by atoms with Gasteiger partial charge in [-0.25, -0.2) is 0 Å². The van der Waals surface area contributed by atoms with Crippen LogP contribution in [-0.4, -0.2) is 54.6 Å². The van der Waals surface area contributed by atoms with E-state index in [1.165, 1.54) is 56.7 Å². The van der Waals surface area contributed by atoms with E-state index in [1.54, 1.807) is 7.11 Å². The molecule has 138 valence electrons. The Hall–Kier alpha value is -1.40. The van der Waals surface area contributed by atoms with Crippen LogP contribution in [-0.2, 0) is 0 Å². The normalized spacial score (nSPS) is 21.7. The van der Waals surface area contributed by atoms with Gasteiger partial charge in [0.1, 0.15) is 5.75 Å². The number of ether oxygens (including phenoxy) is 1. The fourth-order valence-corrected chi connectivity index (χ4v) is 4.88. The summed E-state index contributed by atoms with van der Waals surface area (Å²) in [7, 11) is 1.67. The minimum atomic E-state index is 0.201. The molecule has 6 heteroatoms. The number of methoxy groups -OCH3 is 1. The number of nitrogens with one attached hydrogen (secondary N) is 1. The number of nitrogens with two attached hydrogens (primary N) is 1. The van der Waals surface area contributed by atoms with E-state index >= 15 is 0 Å². The summed E-state index contributed by atoms with van der Waals surface area (Å²) in [5.74, 6) is 3.72. The van der Waals surface area contributed by atoms with Crippen LogP contribution >= 0.6 is 11.8 Å². The largest absolute Gasteiger partial charge is 0.495 e. The number of nitrogens with zero attached hydrogens (tertiary/aromatic N) is 2. The van der Waals surface area contributed by atoms with Gasteiger partial charge in [-0.05, 0) is 25.0 Å². The molecule has 1 aliphatic heterocycles. The molecule has 25 heavy (non-hydrogen) atoms. The molecule has 1 heterocycles. The van der Waals surface area contributed by atoms with Crippen molar-refractivity contribution in [2.75, 3.05) is 43.6 Å². The highest BCUT2D eigenvalue weighted by molar-refractivity contribution is 7.99. The van der Waals surface area contributed by atoms with E-state index in [2.05, 4.69) is 22.0 Å². The van der Waals surface area contributed by atoms with Crippen LogP contribution in [0.4, 0.5) is 5.69 Å². The lowest BCUT2D eigenvalue weighted by Gasteiger charge is -2.47. The SMILES string of the molecule is COc1ccccc1NC(N)=NCC1(N2CCSCC2)CCCCC1. The highest BCUT2D eigenvalue weighted by Gasteiger charge is 2.38. The van der Waals surface area contributed by atoms with Gasteiger partial charge in [0.15, 0.2) is 5.96 Å². The van der Waals surface area contributed by atoms with Crippen molar-refractivity contribution in [1.82, 2.24) is 4.90 Å². The third-order valence-electron chi connectivity index (χ3n) is 5.38. The molecule has 1 aromatic rings. The Labute approximate surface area is 155 Å². The van der Waals surface area contributed by atoms with Crippen LogP contribution in [0.15, 0.2) is 29.3 Å². The summed E-state index contributed by atoms with van der Waals surface area (Å²) in [6, 6.07) is 7.79. The lowest BCUT2D eigenvalue weighted by molar-refractivity contribution is 0.0673. The van der Waals surface area contributed by atoms with Crippen LogP contribution < -0.4 is 15.8 Å². The van der Waals surface area contributed by atoms with Crippen molar-refractivity contribution in [2.24, 2.45) is 10.7 Å². The van der Waals surface area contributed by atoms with Crippen LogP contribution in [0, 0.1) is 0 Å². The van der Waals surface area contributed by atoms with Gasteiger partial charge in [-0.2, -0.15) is 11.8 Å². The average molecular weight is 363 g/mol. The maximum Gasteiger partial charge on any atom is 0.193 e. The third kappa shape index (κ3) is 4.61. The first kappa shape index (κ1) is 18.4. The monoisotopic (exact) mass is 362 g/mol. The minimum Gasteiger partial charge on any atom is -0.495 e. The quantitative estimate of drug-likeness (QED) is 0.622. The number of guanidine groups is 1. The van der Waals surface area contributed by atoms with Gasteiger partial charge in [0, 0.05) is 30.1 Å². The Balaban J connectivity index is 1.69. The molecular weight excluding hydrogens is 332 g/mol. The zero-order chi connectivity index (χ0) is 17.5. The molecule has 0 amide bonds. The van der Waals surface area contributed by atoms with Gasteiger partial charge in [-0.3, -0.25) is 9.89 Å². The number of anilines is 1. The number of rotatable bonds is 5. The molecule has 1 saturated carbocycles. The van der Waals surface area contributed by atoms with Crippen molar-refractivity contribution < 1.29 is 4.74 Å². The van der Waals surface area contributed by atoms with E-state index in [0.29, 0.717) is 5.96 Å². The standard InChI is InChI=1S/C19H30N4OS/c1-24-17-8-4-3-7-16(17)22-18(20)21-15-19(9-5-2-6-10-19)23-11-13-25-14-12-23/h3-4,7-8H,2,5-6,9-15H2,1H3,(H3,20,21,22). The second-order valence-corrected chi connectivity index (χ2v) is 8.14. The highest BCUT2D eigenvalue weighted by atomic mass is 32.2. The van der Waals surface area contributed by atoms with Crippen molar-refractivity contribution in [1.29, 1.82) is 0 Å². The van der Waals surface area contributed by atoms with E-state index in [4.69, 9.17) is 15.5 Å². The van der Waals surface area contributed by atoms with Gasteiger partial charge in [0.2, 0.25) is 0 Å². The highest BCUT2D eigenvalue weighted by Crippen LogP contribution is 2.35. The molecule has 2 fully saturated rings. The summed E-state index contributed by atoms with van der Waals surface area (Å²) in [6.07, 6.45) is 6.44. The van der Waals surface area contributed by atoms with Crippen LogP contribution in [0.1, 0.15) is 32.1 Å². The molecule has 0 bridgehead atoms. The number of aliphatic imine (C=N–C) groups is 1. The summed E-state index contributed by atoms with van der Waals surface area (Å²) in [5.41, 5.74) is 7.26. The first-order valence-corrected chi connectivity index (χ1v) is 10.4. The summed E-state index contributed by atoms with van der Waals surface area (Å²) < 4.78 is 5.37. The van der Waals surface area contributed by atoms with E-state index in [1.807, 2.05) is 24.3 Å². The number of hydrogen-bond acceptors (Lipinski definition) is 4. The first-order chi connectivity index (χ1) is 12.2. The van der Waals surface area contributed by atoms with E-state index in [0.717, 1.165) is 18.0 Å². The molecule has 0 spiro atoms. The summed E-state index contributed by atoms with van der Waals surface area (Å²) in [5, 5.41) is 3.20. The first-order valence-electron chi connectivity index (χ1n) is 9.26. The molecule has 3 rings (SSSR count). The smallest absolute Gasteiger partial charge is 0.193 e. The molecule has 3 N–H and O–H groups in total. The van der Waals surface area contributed by atoms with Crippen molar-refractivity contribution in [3.8, 4) is 5.75 Å².